The normalized spacial score (nSPS) is 13.4. The number of nitrogens with one attached hydrogen (secondary N) is 1. The monoisotopic (exact) mass is 347 g/mol. The molecule has 0 aliphatic rings. The van der Waals surface area contributed by atoms with E-state index in [-0.39, 0.29) is 17.4 Å². The average Bonchev–Trinajstić information content (AvgIpc) is 2.40. The van der Waals surface area contributed by atoms with Crippen LogP contribution in [0.2, 0.25) is 0 Å². The molecule has 1 aromatic carbocycles. The molecule has 0 radical (unpaired) electrons. The predicted molar refractivity (Wildman–Crippen MR) is 84.4 cm³/mol. The molecule has 0 bridgehead atoms. The molecule has 1 aromatic rings. The van der Waals surface area contributed by atoms with Crippen LogP contribution < -0.4 is 5.32 Å². The van der Waals surface area contributed by atoms with Crippen LogP contribution >= 0.6 is 15.9 Å². The van der Waals surface area contributed by atoms with Gasteiger partial charge in [-0.1, -0.05) is 48.0 Å². The van der Waals surface area contributed by atoms with Crippen LogP contribution in [-0.2, 0) is 9.84 Å². The highest BCUT2D eigenvalue weighted by Gasteiger charge is 2.17. The predicted octanol–water partition coefficient (Wildman–Crippen LogP) is 2.97. The lowest BCUT2D eigenvalue weighted by molar-refractivity contribution is 0.563. The van der Waals surface area contributed by atoms with Crippen molar-refractivity contribution in [3.8, 4) is 0 Å². The Morgan fingerprint density at radius 1 is 1.26 bits per heavy atom. The lowest BCUT2D eigenvalue weighted by atomic mass is 9.96. The number of rotatable bonds is 8. The number of hydrogen-bond acceptors (Lipinski definition) is 3. The van der Waals surface area contributed by atoms with Crippen LogP contribution in [0, 0.1) is 0 Å². The molecule has 0 spiro atoms. The van der Waals surface area contributed by atoms with E-state index in [0.29, 0.717) is 6.42 Å². The molecule has 108 valence electrons. The Bertz CT molecular complexity index is 488. The van der Waals surface area contributed by atoms with Crippen LogP contribution in [0.25, 0.3) is 0 Å². The molecule has 0 aliphatic heterocycles. The molecule has 0 heterocycles. The highest BCUT2D eigenvalue weighted by atomic mass is 79.9. The summed E-state index contributed by atoms with van der Waals surface area (Å²) in [7, 11) is -2.90. The fraction of sp³-hybridized carbons (Fsp3) is 0.571. The molecule has 0 aromatic heterocycles. The summed E-state index contributed by atoms with van der Waals surface area (Å²) in [5.41, 5.74) is 1.18. The van der Waals surface area contributed by atoms with Gasteiger partial charge in [0.05, 0.1) is 5.75 Å². The minimum Gasteiger partial charge on any atom is -0.316 e. The van der Waals surface area contributed by atoms with Crippen LogP contribution in [0.5, 0.6) is 0 Å². The third kappa shape index (κ3) is 5.63. The highest BCUT2D eigenvalue weighted by Crippen LogP contribution is 2.27. The third-order valence-electron chi connectivity index (χ3n) is 3.20. The van der Waals surface area contributed by atoms with Gasteiger partial charge in [-0.25, -0.2) is 8.42 Å². The first-order chi connectivity index (χ1) is 9.00. The van der Waals surface area contributed by atoms with E-state index in [1.807, 2.05) is 18.2 Å². The fourth-order valence-electron chi connectivity index (χ4n) is 1.96. The molecule has 0 saturated carbocycles. The number of hydrogen-bond donors (Lipinski definition) is 1. The van der Waals surface area contributed by atoms with E-state index in [1.54, 1.807) is 6.92 Å². The van der Waals surface area contributed by atoms with Gasteiger partial charge in [0.1, 0.15) is 9.84 Å². The number of likely N-dealkylation sites (N-methyl/N-ethyl adjacent to an activating group) is 1. The van der Waals surface area contributed by atoms with Crippen molar-refractivity contribution in [2.45, 2.75) is 26.2 Å². The lowest BCUT2D eigenvalue weighted by Crippen LogP contribution is -2.23. The van der Waals surface area contributed by atoms with Crippen LogP contribution in [-0.4, -0.2) is 33.0 Å². The van der Waals surface area contributed by atoms with Gasteiger partial charge in [0.25, 0.3) is 0 Å². The summed E-state index contributed by atoms with van der Waals surface area (Å²) in [4.78, 5) is 0. The number of benzene rings is 1. The maximum absolute atomic E-state index is 11.7. The topological polar surface area (TPSA) is 46.2 Å². The van der Waals surface area contributed by atoms with Crippen molar-refractivity contribution >= 4 is 25.8 Å². The van der Waals surface area contributed by atoms with Gasteiger partial charge in [-0.15, -0.1) is 0 Å². The maximum atomic E-state index is 11.7. The Balaban J connectivity index is 2.81. The van der Waals surface area contributed by atoms with E-state index in [2.05, 4.69) is 34.2 Å². The molecule has 0 amide bonds. The maximum Gasteiger partial charge on any atom is 0.150 e. The Morgan fingerprint density at radius 3 is 2.53 bits per heavy atom. The molecule has 19 heavy (non-hydrogen) atoms. The van der Waals surface area contributed by atoms with E-state index in [4.69, 9.17) is 0 Å². The Hall–Kier alpha value is -0.390. The summed E-state index contributed by atoms with van der Waals surface area (Å²) < 4.78 is 24.4. The molecule has 3 nitrogen and oxygen atoms in total. The third-order valence-corrected chi connectivity index (χ3v) is 5.66. The average molecular weight is 348 g/mol. The van der Waals surface area contributed by atoms with Gasteiger partial charge in [0.15, 0.2) is 0 Å². The standard InChI is InChI=1S/C14H22BrNO2S/c1-3-16-11-12(9-10-19(17,18)4-2)13-7-5-6-8-14(13)15/h5-8,12,16H,3-4,9-11H2,1-2H3. The van der Waals surface area contributed by atoms with E-state index >= 15 is 0 Å². The zero-order valence-electron chi connectivity index (χ0n) is 11.5. The molecule has 0 fully saturated rings. The van der Waals surface area contributed by atoms with Crippen molar-refractivity contribution in [1.29, 1.82) is 0 Å². The zero-order valence-corrected chi connectivity index (χ0v) is 13.9. The Kier molecular flexibility index (Phi) is 7.04. The van der Waals surface area contributed by atoms with Crippen molar-refractivity contribution in [2.75, 3.05) is 24.6 Å². The van der Waals surface area contributed by atoms with Gasteiger partial charge >= 0.3 is 0 Å². The second-order valence-electron chi connectivity index (χ2n) is 4.55. The second kappa shape index (κ2) is 8.02. The smallest absolute Gasteiger partial charge is 0.150 e. The molecule has 1 rings (SSSR count). The van der Waals surface area contributed by atoms with Crippen molar-refractivity contribution in [2.24, 2.45) is 0 Å². The first-order valence-electron chi connectivity index (χ1n) is 6.65. The van der Waals surface area contributed by atoms with Gasteiger partial charge in [-0.3, -0.25) is 0 Å². The van der Waals surface area contributed by atoms with Crippen molar-refractivity contribution in [3.63, 3.8) is 0 Å². The molecular formula is C14H22BrNO2S. The summed E-state index contributed by atoms with van der Waals surface area (Å²) in [6.45, 7) is 5.45. The van der Waals surface area contributed by atoms with Crippen LogP contribution in [0.4, 0.5) is 0 Å². The van der Waals surface area contributed by atoms with E-state index in [0.717, 1.165) is 17.6 Å². The largest absolute Gasteiger partial charge is 0.316 e. The van der Waals surface area contributed by atoms with Gasteiger partial charge in [-0.05, 0) is 30.5 Å². The number of halogens is 1. The van der Waals surface area contributed by atoms with Gasteiger partial charge in [-0.2, -0.15) is 0 Å². The molecule has 1 N–H and O–H groups in total. The molecule has 1 atom stereocenters. The molecule has 0 aliphatic carbocycles. The van der Waals surface area contributed by atoms with Gasteiger partial charge < -0.3 is 5.32 Å². The summed E-state index contributed by atoms with van der Waals surface area (Å²) in [6.07, 6.45) is 0.659. The van der Waals surface area contributed by atoms with Gasteiger partial charge in [0.2, 0.25) is 0 Å². The van der Waals surface area contributed by atoms with Crippen LogP contribution in [0.3, 0.4) is 0 Å². The SMILES string of the molecule is CCNCC(CCS(=O)(=O)CC)c1ccccc1Br. The van der Waals surface area contributed by atoms with E-state index < -0.39 is 9.84 Å². The minimum absolute atomic E-state index is 0.219. The highest BCUT2D eigenvalue weighted by molar-refractivity contribution is 9.10. The second-order valence-corrected chi connectivity index (χ2v) is 7.88. The van der Waals surface area contributed by atoms with Crippen molar-refractivity contribution < 1.29 is 8.42 Å². The fourth-order valence-corrected chi connectivity index (χ4v) is 3.50. The Labute approximate surface area is 124 Å². The summed E-state index contributed by atoms with van der Waals surface area (Å²) in [5.74, 6) is 0.689. The van der Waals surface area contributed by atoms with E-state index in [1.165, 1.54) is 5.56 Å². The molecule has 1 unspecified atom stereocenters. The van der Waals surface area contributed by atoms with Crippen molar-refractivity contribution in [3.05, 3.63) is 34.3 Å². The molecular weight excluding hydrogens is 326 g/mol. The minimum atomic E-state index is -2.90. The van der Waals surface area contributed by atoms with Gasteiger partial charge in [0, 0.05) is 16.8 Å². The molecule has 0 saturated heterocycles. The summed E-state index contributed by atoms with van der Waals surface area (Å²) >= 11 is 3.55. The first-order valence-corrected chi connectivity index (χ1v) is 9.27. The first kappa shape index (κ1) is 16.7. The quantitative estimate of drug-likeness (QED) is 0.786. The summed E-state index contributed by atoms with van der Waals surface area (Å²) in [5, 5.41) is 3.31. The molecule has 5 heteroatoms. The summed E-state index contributed by atoms with van der Waals surface area (Å²) in [6, 6.07) is 8.03. The van der Waals surface area contributed by atoms with Crippen molar-refractivity contribution in [1.82, 2.24) is 5.32 Å². The van der Waals surface area contributed by atoms with Crippen LogP contribution in [0.1, 0.15) is 31.7 Å². The number of sulfone groups is 1. The lowest BCUT2D eigenvalue weighted by Gasteiger charge is -2.19. The van der Waals surface area contributed by atoms with Crippen LogP contribution in [0.15, 0.2) is 28.7 Å². The van der Waals surface area contributed by atoms with E-state index in [9.17, 15) is 8.42 Å². The Morgan fingerprint density at radius 2 is 1.95 bits per heavy atom. The zero-order chi connectivity index (χ0) is 14.3.